The van der Waals surface area contributed by atoms with E-state index >= 15 is 0 Å². The molecule has 5 heteroatoms. The molecule has 0 unspecified atom stereocenters. The van der Waals surface area contributed by atoms with E-state index in [1.807, 2.05) is 6.92 Å². The van der Waals surface area contributed by atoms with Crippen LogP contribution in [0, 0.1) is 0 Å². The summed E-state index contributed by atoms with van der Waals surface area (Å²) in [4.78, 5) is 0. The van der Waals surface area contributed by atoms with Crippen LogP contribution in [0.15, 0.2) is 0 Å². The van der Waals surface area contributed by atoms with Crippen LogP contribution in [0.4, 0.5) is 0 Å². The fourth-order valence-corrected chi connectivity index (χ4v) is 4.47. The molecule has 0 aliphatic heterocycles. The molecular weight excluding hydrogens is 248 g/mol. The minimum Gasteiger partial charge on any atom is -0.317 e. The Morgan fingerprint density at radius 2 is 1.83 bits per heavy atom. The van der Waals surface area contributed by atoms with E-state index in [4.69, 9.17) is 0 Å². The van der Waals surface area contributed by atoms with E-state index in [1.54, 1.807) is 4.31 Å². The van der Waals surface area contributed by atoms with E-state index in [0.717, 1.165) is 32.4 Å². The molecule has 0 atom stereocenters. The molecule has 0 aromatic carbocycles. The van der Waals surface area contributed by atoms with Crippen molar-refractivity contribution in [2.75, 3.05) is 25.4 Å². The zero-order chi connectivity index (χ0) is 13.4. The predicted octanol–water partition coefficient (Wildman–Crippen LogP) is 1.97. The van der Waals surface area contributed by atoms with Crippen LogP contribution in [0.1, 0.15) is 52.4 Å². The molecule has 1 rings (SSSR count). The predicted molar refractivity (Wildman–Crippen MR) is 76.2 cm³/mol. The van der Waals surface area contributed by atoms with Crippen LogP contribution in [0.5, 0.6) is 0 Å². The normalized spacial score (nSPS) is 17.7. The third-order valence-corrected chi connectivity index (χ3v) is 5.66. The maximum Gasteiger partial charge on any atom is 0.214 e. The molecule has 0 bridgehead atoms. The van der Waals surface area contributed by atoms with Gasteiger partial charge in [0.25, 0.3) is 0 Å². The van der Waals surface area contributed by atoms with Crippen LogP contribution in [0.2, 0.25) is 0 Å². The van der Waals surface area contributed by atoms with E-state index in [0.29, 0.717) is 13.0 Å². The minimum absolute atomic E-state index is 0.267. The molecule has 18 heavy (non-hydrogen) atoms. The molecule has 0 amide bonds. The smallest absolute Gasteiger partial charge is 0.214 e. The molecule has 1 N–H and O–H groups in total. The van der Waals surface area contributed by atoms with Crippen molar-refractivity contribution >= 4 is 10.0 Å². The molecule has 0 radical (unpaired) electrons. The highest BCUT2D eigenvalue weighted by Crippen LogP contribution is 2.25. The maximum absolute atomic E-state index is 12.3. The van der Waals surface area contributed by atoms with Gasteiger partial charge in [-0.15, -0.1) is 0 Å². The van der Waals surface area contributed by atoms with E-state index in [9.17, 15) is 8.42 Å². The summed E-state index contributed by atoms with van der Waals surface area (Å²) in [6.07, 6.45) is 6.24. The van der Waals surface area contributed by atoms with Gasteiger partial charge in [0, 0.05) is 12.6 Å². The lowest BCUT2D eigenvalue weighted by atomic mass is 10.2. The van der Waals surface area contributed by atoms with Crippen molar-refractivity contribution in [3.05, 3.63) is 0 Å². The number of nitrogens with one attached hydrogen (secondary N) is 1. The number of hydrogen-bond acceptors (Lipinski definition) is 3. The second-order valence-corrected chi connectivity index (χ2v) is 7.10. The van der Waals surface area contributed by atoms with Gasteiger partial charge in [-0.05, 0) is 38.8 Å². The summed E-state index contributed by atoms with van der Waals surface area (Å²) in [5, 5.41) is 3.25. The first-order chi connectivity index (χ1) is 8.61. The van der Waals surface area contributed by atoms with E-state index in [2.05, 4.69) is 12.2 Å². The number of nitrogens with zero attached hydrogens (tertiary/aromatic N) is 1. The van der Waals surface area contributed by atoms with Crippen LogP contribution >= 0.6 is 0 Å². The first-order valence-corrected chi connectivity index (χ1v) is 8.93. The second-order valence-electron chi connectivity index (χ2n) is 5.06. The topological polar surface area (TPSA) is 49.4 Å². The standard InChI is InChI=1S/C13H28N2O2S/c1-3-10-14-11-7-12-18(16,17)15(4-2)13-8-5-6-9-13/h13-14H,3-12H2,1-2H3. The summed E-state index contributed by atoms with van der Waals surface area (Å²) in [6, 6.07) is 0.267. The van der Waals surface area contributed by atoms with Gasteiger partial charge >= 0.3 is 0 Å². The Bertz CT molecular complexity index is 311. The van der Waals surface area contributed by atoms with Crippen molar-refractivity contribution in [1.29, 1.82) is 0 Å². The lowest BCUT2D eigenvalue weighted by molar-refractivity contribution is 0.335. The molecule has 1 saturated carbocycles. The summed E-state index contributed by atoms with van der Waals surface area (Å²) in [5.74, 6) is 0.286. The van der Waals surface area contributed by atoms with Gasteiger partial charge in [0.15, 0.2) is 0 Å². The van der Waals surface area contributed by atoms with E-state index < -0.39 is 10.0 Å². The maximum atomic E-state index is 12.3. The fourth-order valence-electron chi connectivity index (χ4n) is 2.67. The molecule has 108 valence electrons. The zero-order valence-corrected chi connectivity index (χ0v) is 12.6. The molecular formula is C13H28N2O2S. The lowest BCUT2D eigenvalue weighted by Crippen LogP contribution is -2.40. The van der Waals surface area contributed by atoms with Gasteiger partial charge in [-0.3, -0.25) is 0 Å². The number of sulfonamides is 1. The summed E-state index contributed by atoms with van der Waals surface area (Å²) < 4.78 is 26.3. The van der Waals surface area contributed by atoms with Crippen LogP contribution < -0.4 is 5.32 Å². The van der Waals surface area contributed by atoms with Gasteiger partial charge in [0.05, 0.1) is 5.75 Å². The fraction of sp³-hybridized carbons (Fsp3) is 1.00. The van der Waals surface area contributed by atoms with Crippen molar-refractivity contribution in [2.24, 2.45) is 0 Å². The minimum atomic E-state index is -3.05. The van der Waals surface area contributed by atoms with Crippen molar-refractivity contribution < 1.29 is 8.42 Å². The van der Waals surface area contributed by atoms with E-state index in [1.165, 1.54) is 12.8 Å². The molecule has 0 aromatic heterocycles. The Labute approximate surface area is 112 Å². The monoisotopic (exact) mass is 276 g/mol. The molecule has 0 heterocycles. The highest BCUT2D eigenvalue weighted by molar-refractivity contribution is 7.89. The third-order valence-electron chi connectivity index (χ3n) is 3.58. The van der Waals surface area contributed by atoms with Gasteiger partial charge in [-0.25, -0.2) is 8.42 Å². The highest BCUT2D eigenvalue weighted by Gasteiger charge is 2.29. The van der Waals surface area contributed by atoms with Gasteiger partial charge in [-0.1, -0.05) is 26.7 Å². The quantitative estimate of drug-likeness (QED) is 0.655. The van der Waals surface area contributed by atoms with Crippen LogP contribution in [-0.2, 0) is 10.0 Å². The number of rotatable bonds is 9. The highest BCUT2D eigenvalue weighted by atomic mass is 32.2. The third kappa shape index (κ3) is 4.86. The van der Waals surface area contributed by atoms with Gasteiger partial charge < -0.3 is 5.32 Å². The number of hydrogen-bond donors (Lipinski definition) is 1. The van der Waals surface area contributed by atoms with Crippen LogP contribution in [-0.4, -0.2) is 44.2 Å². The SMILES string of the molecule is CCCNCCCS(=O)(=O)N(CC)C1CCCC1. The Morgan fingerprint density at radius 1 is 1.17 bits per heavy atom. The Morgan fingerprint density at radius 3 is 2.39 bits per heavy atom. The average molecular weight is 276 g/mol. The largest absolute Gasteiger partial charge is 0.317 e. The molecule has 1 fully saturated rings. The summed E-state index contributed by atoms with van der Waals surface area (Å²) >= 11 is 0. The average Bonchev–Trinajstić information content (AvgIpc) is 2.83. The Hall–Kier alpha value is -0.130. The van der Waals surface area contributed by atoms with Gasteiger partial charge in [-0.2, -0.15) is 4.31 Å². The molecule has 0 spiro atoms. The molecule has 0 saturated heterocycles. The van der Waals surface area contributed by atoms with Crippen molar-refractivity contribution in [3.8, 4) is 0 Å². The van der Waals surface area contributed by atoms with Crippen molar-refractivity contribution in [1.82, 2.24) is 9.62 Å². The lowest BCUT2D eigenvalue weighted by Gasteiger charge is -2.26. The molecule has 1 aliphatic rings. The molecule has 1 aliphatic carbocycles. The zero-order valence-electron chi connectivity index (χ0n) is 11.8. The Kier molecular flexibility index (Phi) is 7.19. The van der Waals surface area contributed by atoms with E-state index in [-0.39, 0.29) is 11.8 Å². The van der Waals surface area contributed by atoms with Gasteiger partial charge in [0.1, 0.15) is 0 Å². The first-order valence-electron chi connectivity index (χ1n) is 7.32. The van der Waals surface area contributed by atoms with Crippen LogP contribution in [0.3, 0.4) is 0 Å². The Balaban J connectivity index is 2.39. The summed E-state index contributed by atoms with van der Waals surface area (Å²) in [6.45, 7) is 6.46. The first kappa shape index (κ1) is 15.9. The molecule has 0 aromatic rings. The van der Waals surface area contributed by atoms with Crippen molar-refractivity contribution in [2.45, 2.75) is 58.4 Å². The summed E-state index contributed by atoms with van der Waals surface area (Å²) in [5.41, 5.74) is 0. The molecule has 4 nitrogen and oxygen atoms in total. The van der Waals surface area contributed by atoms with Crippen LogP contribution in [0.25, 0.3) is 0 Å². The van der Waals surface area contributed by atoms with Crippen molar-refractivity contribution in [3.63, 3.8) is 0 Å². The summed E-state index contributed by atoms with van der Waals surface area (Å²) in [7, 11) is -3.05. The second kappa shape index (κ2) is 8.12. The van der Waals surface area contributed by atoms with Gasteiger partial charge in [0.2, 0.25) is 10.0 Å².